The summed E-state index contributed by atoms with van der Waals surface area (Å²) in [5.74, 6) is -1.15. The molecule has 1 aromatic rings. The van der Waals surface area contributed by atoms with Gasteiger partial charge in [0, 0.05) is 31.9 Å². The van der Waals surface area contributed by atoms with Gasteiger partial charge in [0.2, 0.25) is 10.0 Å². The Morgan fingerprint density at radius 3 is 2.30 bits per heavy atom. The first-order chi connectivity index (χ1) is 12.6. The van der Waals surface area contributed by atoms with Gasteiger partial charge in [0.15, 0.2) is 0 Å². The molecular weight excluding hydrogens is 366 g/mol. The van der Waals surface area contributed by atoms with Gasteiger partial charge < -0.3 is 10.0 Å². The fraction of sp³-hybridized carbons (Fsp3) is 0.368. The van der Waals surface area contributed by atoms with E-state index in [-0.39, 0.29) is 23.5 Å². The van der Waals surface area contributed by atoms with E-state index in [1.54, 1.807) is 32.9 Å². The zero-order valence-electron chi connectivity index (χ0n) is 15.7. The number of carboxylic acids is 1. The number of hydrogen-bond donors (Lipinski definition) is 1. The van der Waals surface area contributed by atoms with Crippen LogP contribution in [0.2, 0.25) is 0 Å². The molecule has 0 aliphatic carbocycles. The third kappa shape index (κ3) is 4.04. The van der Waals surface area contributed by atoms with Gasteiger partial charge in [0.1, 0.15) is 6.07 Å². The molecule has 2 rings (SSSR count). The molecule has 27 heavy (non-hydrogen) atoms. The predicted octanol–water partition coefficient (Wildman–Crippen LogP) is 2.29. The fourth-order valence-corrected chi connectivity index (χ4v) is 4.80. The number of carboxylic acid groups (broad SMARTS) is 1. The van der Waals surface area contributed by atoms with E-state index < -0.39 is 16.0 Å². The van der Waals surface area contributed by atoms with Crippen molar-refractivity contribution in [1.82, 2.24) is 9.21 Å². The second kappa shape index (κ2) is 7.94. The Kier molecular flexibility index (Phi) is 6.08. The first kappa shape index (κ1) is 20.7. The first-order valence-electron chi connectivity index (χ1n) is 8.48. The van der Waals surface area contributed by atoms with Crippen molar-refractivity contribution in [1.29, 1.82) is 5.26 Å². The van der Waals surface area contributed by atoms with Gasteiger partial charge in [-0.2, -0.15) is 9.57 Å². The standard InChI is InChI=1S/C19H23N3O4S/c1-5-16(12-20)15(4)21-6-8-22(9-7-21)27(25,26)18-11-17(19(23)24)13(2)10-14(18)3/h5,10-11H,4,6-9H2,1-3H3,(H,23,24)/b16-5-. The highest BCUT2D eigenvalue weighted by Gasteiger charge is 2.31. The average molecular weight is 389 g/mol. The maximum absolute atomic E-state index is 13.0. The number of allylic oxidation sites excluding steroid dienone is 2. The number of piperazine rings is 1. The van der Waals surface area contributed by atoms with Crippen LogP contribution in [0.1, 0.15) is 28.4 Å². The normalized spacial score (nSPS) is 16.1. The molecule has 1 aliphatic rings. The van der Waals surface area contributed by atoms with Crippen molar-refractivity contribution in [2.24, 2.45) is 0 Å². The molecule has 1 fully saturated rings. The van der Waals surface area contributed by atoms with Crippen LogP contribution in [0.15, 0.2) is 41.0 Å². The second-order valence-electron chi connectivity index (χ2n) is 6.39. The molecule has 1 aliphatic heterocycles. The van der Waals surface area contributed by atoms with E-state index in [1.165, 1.54) is 10.4 Å². The Morgan fingerprint density at radius 2 is 1.81 bits per heavy atom. The summed E-state index contributed by atoms with van der Waals surface area (Å²) >= 11 is 0. The Bertz CT molecular complexity index is 950. The van der Waals surface area contributed by atoms with Crippen LogP contribution in [0.4, 0.5) is 0 Å². The molecule has 0 atom stereocenters. The van der Waals surface area contributed by atoms with Crippen molar-refractivity contribution in [2.75, 3.05) is 26.2 Å². The van der Waals surface area contributed by atoms with Crippen LogP contribution in [0, 0.1) is 25.2 Å². The smallest absolute Gasteiger partial charge is 0.335 e. The van der Waals surface area contributed by atoms with Crippen molar-refractivity contribution in [2.45, 2.75) is 25.7 Å². The van der Waals surface area contributed by atoms with E-state index in [1.807, 2.05) is 4.90 Å². The molecule has 1 saturated heterocycles. The molecule has 1 heterocycles. The largest absolute Gasteiger partial charge is 0.478 e. The lowest BCUT2D eigenvalue weighted by molar-refractivity contribution is 0.0696. The molecule has 0 amide bonds. The van der Waals surface area contributed by atoms with E-state index in [0.29, 0.717) is 35.5 Å². The van der Waals surface area contributed by atoms with E-state index >= 15 is 0 Å². The summed E-state index contributed by atoms with van der Waals surface area (Å²) in [5.41, 5.74) is 2.07. The summed E-state index contributed by atoms with van der Waals surface area (Å²) in [6.07, 6.45) is 1.68. The summed E-state index contributed by atoms with van der Waals surface area (Å²) in [4.78, 5) is 13.3. The van der Waals surface area contributed by atoms with Crippen LogP contribution in [0.3, 0.4) is 0 Å². The number of aromatic carboxylic acids is 1. The van der Waals surface area contributed by atoms with Gasteiger partial charge in [0.05, 0.1) is 16.0 Å². The SMILES string of the molecule is C=C(/C(C#N)=C\C)N1CCN(S(=O)(=O)c2cc(C(=O)O)c(C)cc2C)CC1. The van der Waals surface area contributed by atoms with Crippen LogP contribution < -0.4 is 0 Å². The average Bonchev–Trinajstić information content (AvgIpc) is 2.62. The molecule has 8 heteroatoms. The predicted molar refractivity (Wildman–Crippen MR) is 102 cm³/mol. The van der Waals surface area contributed by atoms with Gasteiger partial charge in [-0.1, -0.05) is 18.7 Å². The van der Waals surface area contributed by atoms with Crippen molar-refractivity contribution in [3.8, 4) is 6.07 Å². The monoisotopic (exact) mass is 389 g/mol. The van der Waals surface area contributed by atoms with E-state index in [0.717, 1.165) is 0 Å². The number of nitrogens with zero attached hydrogens (tertiary/aromatic N) is 3. The molecule has 0 radical (unpaired) electrons. The van der Waals surface area contributed by atoms with Gasteiger partial charge in [-0.05, 0) is 38.0 Å². The number of carbonyl (C=O) groups is 1. The van der Waals surface area contributed by atoms with Crippen molar-refractivity contribution < 1.29 is 18.3 Å². The molecule has 0 aromatic heterocycles. The van der Waals surface area contributed by atoms with Gasteiger partial charge in [-0.25, -0.2) is 13.2 Å². The zero-order chi connectivity index (χ0) is 20.4. The van der Waals surface area contributed by atoms with Crippen LogP contribution in [0.25, 0.3) is 0 Å². The summed E-state index contributed by atoms with van der Waals surface area (Å²) in [6.45, 7) is 10.3. The number of hydrogen-bond acceptors (Lipinski definition) is 5. The van der Waals surface area contributed by atoms with Gasteiger partial charge in [0.25, 0.3) is 0 Å². The number of nitriles is 1. The lowest BCUT2D eigenvalue weighted by atomic mass is 10.1. The van der Waals surface area contributed by atoms with E-state index in [9.17, 15) is 18.3 Å². The highest BCUT2D eigenvalue weighted by atomic mass is 32.2. The van der Waals surface area contributed by atoms with Gasteiger partial charge in [-0.15, -0.1) is 0 Å². The van der Waals surface area contributed by atoms with Crippen molar-refractivity contribution >= 4 is 16.0 Å². The number of aryl methyl sites for hydroxylation is 2. The molecule has 7 nitrogen and oxygen atoms in total. The fourth-order valence-electron chi connectivity index (χ4n) is 3.14. The molecule has 0 unspecified atom stereocenters. The number of benzene rings is 1. The lowest BCUT2D eigenvalue weighted by Gasteiger charge is -2.36. The molecular formula is C19H23N3O4S. The zero-order valence-corrected chi connectivity index (χ0v) is 16.5. The maximum Gasteiger partial charge on any atom is 0.335 e. The van der Waals surface area contributed by atoms with Gasteiger partial charge >= 0.3 is 5.97 Å². The third-order valence-electron chi connectivity index (χ3n) is 4.71. The van der Waals surface area contributed by atoms with Crippen LogP contribution in [-0.2, 0) is 10.0 Å². The Labute approximate surface area is 159 Å². The highest BCUT2D eigenvalue weighted by molar-refractivity contribution is 7.89. The minimum atomic E-state index is -3.81. The van der Waals surface area contributed by atoms with E-state index in [2.05, 4.69) is 12.6 Å². The first-order valence-corrected chi connectivity index (χ1v) is 9.92. The number of sulfonamides is 1. The quantitative estimate of drug-likeness (QED) is 0.612. The summed E-state index contributed by atoms with van der Waals surface area (Å²) in [6, 6.07) is 4.90. The lowest BCUT2D eigenvalue weighted by Crippen LogP contribution is -2.48. The van der Waals surface area contributed by atoms with Crippen LogP contribution >= 0.6 is 0 Å². The van der Waals surface area contributed by atoms with Crippen molar-refractivity contribution in [3.63, 3.8) is 0 Å². The van der Waals surface area contributed by atoms with Crippen LogP contribution in [-0.4, -0.2) is 54.9 Å². The molecule has 144 valence electrons. The summed E-state index contributed by atoms with van der Waals surface area (Å²) in [7, 11) is -3.81. The third-order valence-corrected chi connectivity index (χ3v) is 6.75. The minimum Gasteiger partial charge on any atom is -0.478 e. The molecule has 1 N–H and O–H groups in total. The van der Waals surface area contributed by atoms with E-state index in [4.69, 9.17) is 5.26 Å². The maximum atomic E-state index is 13.0. The number of rotatable bonds is 5. The highest BCUT2D eigenvalue weighted by Crippen LogP contribution is 2.26. The molecule has 0 saturated carbocycles. The molecule has 0 spiro atoms. The topological polar surface area (TPSA) is 102 Å². The second-order valence-corrected chi connectivity index (χ2v) is 8.30. The Morgan fingerprint density at radius 1 is 1.22 bits per heavy atom. The summed E-state index contributed by atoms with van der Waals surface area (Å²) < 4.78 is 27.4. The minimum absolute atomic E-state index is 0.0158. The Hall–Kier alpha value is -2.63. The van der Waals surface area contributed by atoms with Crippen LogP contribution in [0.5, 0.6) is 0 Å². The van der Waals surface area contributed by atoms with Crippen molar-refractivity contribution in [3.05, 3.63) is 52.7 Å². The summed E-state index contributed by atoms with van der Waals surface area (Å²) in [5, 5.41) is 18.4. The van der Waals surface area contributed by atoms with Gasteiger partial charge in [-0.3, -0.25) is 0 Å². The molecule has 1 aromatic carbocycles. The Balaban J connectivity index is 2.26. The molecule has 0 bridgehead atoms.